The van der Waals surface area contributed by atoms with Crippen LogP contribution in [-0.2, 0) is 14.3 Å². The van der Waals surface area contributed by atoms with Crippen molar-refractivity contribution >= 4 is 11.9 Å². The largest absolute Gasteiger partial charge is 0.481 e. The van der Waals surface area contributed by atoms with Gasteiger partial charge in [-0.15, -0.1) is 0 Å². The van der Waals surface area contributed by atoms with Crippen molar-refractivity contribution in [3.8, 4) is 0 Å². The van der Waals surface area contributed by atoms with Gasteiger partial charge in [0.05, 0.1) is 6.10 Å². The van der Waals surface area contributed by atoms with E-state index in [0.29, 0.717) is 13.0 Å². The van der Waals surface area contributed by atoms with E-state index in [-0.39, 0.29) is 25.0 Å². The second kappa shape index (κ2) is 9.75. The van der Waals surface area contributed by atoms with Gasteiger partial charge in [0.2, 0.25) is 5.91 Å². The van der Waals surface area contributed by atoms with Crippen LogP contribution < -0.4 is 10.6 Å². The molecule has 0 atom stereocenters. The molecule has 1 fully saturated rings. The van der Waals surface area contributed by atoms with Crippen LogP contribution in [0.2, 0.25) is 0 Å². The van der Waals surface area contributed by atoms with E-state index in [4.69, 9.17) is 9.84 Å². The number of hydrogen-bond acceptors (Lipinski definition) is 4. The van der Waals surface area contributed by atoms with Crippen molar-refractivity contribution in [1.29, 1.82) is 0 Å². The highest BCUT2D eigenvalue weighted by Crippen LogP contribution is 2.06. The molecule has 6 nitrogen and oxygen atoms in total. The Hall–Kier alpha value is -1.14. The van der Waals surface area contributed by atoms with E-state index >= 15 is 0 Å². The molecule has 0 aromatic rings. The maximum absolute atomic E-state index is 11.5. The van der Waals surface area contributed by atoms with Gasteiger partial charge < -0.3 is 20.5 Å². The highest BCUT2D eigenvalue weighted by atomic mass is 16.5. The Labute approximate surface area is 113 Å². The van der Waals surface area contributed by atoms with Crippen LogP contribution in [0.1, 0.15) is 38.5 Å². The van der Waals surface area contributed by atoms with E-state index < -0.39 is 5.97 Å². The number of hydrogen-bond donors (Lipinski definition) is 3. The molecule has 3 N–H and O–H groups in total. The molecule has 1 heterocycles. The van der Waals surface area contributed by atoms with Crippen molar-refractivity contribution in [2.75, 3.05) is 26.2 Å². The Morgan fingerprint density at radius 1 is 1.21 bits per heavy atom. The minimum Gasteiger partial charge on any atom is -0.481 e. The lowest BCUT2D eigenvalue weighted by molar-refractivity contribution is -0.137. The van der Waals surface area contributed by atoms with E-state index in [1.165, 1.54) is 0 Å². The maximum Gasteiger partial charge on any atom is 0.303 e. The number of ether oxygens (including phenoxy) is 1. The van der Waals surface area contributed by atoms with Crippen LogP contribution in [0.15, 0.2) is 0 Å². The van der Waals surface area contributed by atoms with E-state index in [1.807, 2.05) is 0 Å². The Kier molecular flexibility index (Phi) is 8.16. The number of unbranched alkanes of at least 4 members (excludes halogenated alkanes) is 2. The van der Waals surface area contributed by atoms with Gasteiger partial charge in [0.15, 0.2) is 0 Å². The smallest absolute Gasteiger partial charge is 0.303 e. The van der Waals surface area contributed by atoms with Crippen molar-refractivity contribution < 1.29 is 19.4 Å². The van der Waals surface area contributed by atoms with E-state index in [9.17, 15) is 9.59 Å². The zero-order valence-electron chi connectivity index (χ0n) is 11.3. The summed E-state index contributed by atoms with van der Waals surface area (Å²) in [6.07, 6.45) is 4.62. The second-order valence-electron chi connectivity index (χ2n) is 4.81. The number of rotatable bonds is 9. The monoisotopic (exact) mass is 272 g/mol. The molecule has 110 valence electrons. The van der Waals surface area contributed by atoms with Crippen LogP contribution in [-0.4, -0.2) is 49.3 Å². The summed E-state index contributed by atoms with van der Waals surface area (Å²) in [7, 11) is 0. The lowest BCUT2D eigenvalue weighted by Crippen LogP contribution is -2.36. The van der Waals surface area contributed by atoms with Crippen molar-refractivity contribution in [3.05, 3.63) is 0 Å². The fourth-order valence-corrected chi connectivity index (χ4v) is 2.01. The molecule has 1 amide bonds. The third kappa shape index (κ3) is 8.56. The number of aliphatic carboxylic acids is 1. The summed E-state index contributed by atoms with van der Waals surface area (Å²) < 4.78 is 5.52. The highest BCUT2D eigenvalue weighted by molar-refractivity contribution is 5.77. The van der Waals surface area contributed by atoms with Crippen LogP contribution >= 0.6 is 0 Å². The van der Waals surface area contributed by atoms with Gasteiger partial charge in [-0.05, 0) is 38.8 Å². The first-order valence-corrected chi connectivity index (χ1v) is 6.99. The standard InChI is InChI=1S/C13H24N2O4/c16-12(10-19-11-5-8-14-9-6-11)15-7-3-1-2-4-13(17)18/h11,14H,1-10H2,(H,15,16)(H,17,18). The fourth-order valence-electron chi connectivity index (χ4n) is 2.01. The number of amides is 1. The molecule has 1 aliphatic heterocycles. The minimum atomic E-state index is -0.764. The Bertz CT molecular complexity index is 278. The van der Waals surface area contributed by atoms with Crippen LogP contribution in [0, 0.1) is 0 Å². The van der Waals surface area contributed by atoms with Gasteiger partial charge in [0.25, 0.3) is 0 Å². The average Bonchev–Trinajstić information content (AvgIpc) is 2.41. The van der Waals surface area contributed by atoms with Gasteiger partial charge in [-0.25, -0.2) is 0 Å². The number of carboxylic acids is 1. The number of nitrogens with one attached hydrogen (secondary N) is 2. The summed E-state index contributed by atoms with van der Waals surface area (Å²) in [6, 6.07) is 0. The molecular weight excluding hydrogens is 248 g/mol. The highest BCUT2D eigenvalue weighted by Gasteiger charge is 2.14. The number of carbonyl (C=O) groups is 2. The van der Waals surface area contributed by atoms with Crippen molar-refractivity contribution in [1.82, 2.24) is 10.6 Å². The molecule has 1 saturated heterocycles. The third-order valence-corrected chi connectivity index (χ3v) is 3.13. The number of piperidine rings is 1. The fraction of sp³-hybridized carbons (Fsp3) is 0.846. The summed E-state index contributed by atoms with van der Waals surface area (Å²) >= 11 is 0. The molecular formula is C13H24N2O4. The molecule has 0 aliphatic carbocycles. The van der Waals surface area contributed by atoms with Gasteiger partial charge >= 0.3 is 5.97 Å². The summed E-state index contributed by atoms with van der Waals surface area (Å²) in [5.41, 5.74) is 0. The second-order valence-corrected chi connectivity index (χ2v) is 4.81. The number of carboxylic acid groups (broad SMARTS) is 1. The van der Waals surface area contributed by atoms with Crippen LogP contribution in [0.4, 0.5) is 0 Å². The Morgan fingerprint density at radius 3 is 2.63 bits per heavy atom. The topological polar surface area (TPSA) is 87.7 Å². The molecule has 6 heteroatoms. The SMILES string of the molecule is O=C(O)CCCCCNC(=O)COC1CCNCC1. The van der Waals surface area contributed by atoms with Crippen molar-refractivity contribution in [2.24, 2.45) is 0 Å². The molecule has 0 unspecified atom stereocenters. The molecule has 1 rings (SSSR count). The molecule has 19 heavy (non-hydrogen) atoms. The molecule has 0 radical (unpaired) electrons. The van der Waals surface area contributed by atoms with Crippen LogP contribution in [0.3, 0.4) is 0 Å². The van der Waals surface area contributed by atoms with Crippen LogP contribution in [0.25, 0.3) is 0 Å². The first-order chi connectivity index (χ1) is 9.18. The number of carbonyl (C=O) groups excluding carboxylic acids is 1. The molecule has 0 bridgehead atoms. The van der Waals surface area contributed by atoms with Gasteiger partial charge in [-0.3, -0.25) is 9.59 Å². The predicted molar refractivity (Wildman–Crippen MR) is 71.0 cm³/mol. The van der Waals surface area contributed by atoms with E-state index in [2.05, 4.69) is 10.6 Å². The molecule has 0 saturated carbocycles. The normalized spacial score (nSPS) is 16.2. The minimum absolute atomic E-state index is 0.0863. The molecule has 0 spiro atoms. The van der Waals surface area contributed by atoms with E-state index in [0.717, 1.165) is 38.8 Å². The van der Waals surface area contributed by atoms with Crippen LogP contribution in [0.5, 0.6) is 0 Å². The summed E-state index contributed by atoms with van der Waals surface area (Å²) in [5.74, 6) is -0.851. The first-order valence-electron chi connectivity index (χ1n) is 6.99. The maximum atomic E-state index is 11.5. The quantitative estimate of drug-likeness (QED) is 0.532. The van der Waals surface area contributed by atoms with Crippen molar-refractivity contribution in [3.63, 3.8) is 0 Å². The summed E-state index contributed by atoms with van der Waals surface area (Å²) in [5, 5.41) is 14.5. The van der Waals surface area contributed by atoms with Gasteiger partial charge in [-0.2, -0.15) is 0 Å². The first kappa shape index (κ1) is 15.9. The molecule has 0 aromatic carbocycles. The summed E-state index contributed by atoms with van der Waals surface area (Å²) in [6.45, 7) is 2.62. The Balaban J connectivity index is 1.91. The van der Waals surface area contributed by atoms with Crippen molar-refractivity contribution in [2.45, 2.75) is 44.6 Å². The zero-order chi connectivity index (χ0) is 13.9. The zero-order valence-corrected chi connectivity index (χ0v) is 11.3. The van der Waals surface area contributed by atoms with Gasteiger partial charge in [-0.1, -0.05) is 6.42 Å². The van der Waals surface area contributed by atoms with Gasteiger partial charge in [0, 0.05) is 13.0 Å². The lowest BCUT2D eigenvalue weighted by Gasteiger charge is -2.22. The van der Waals surface area contributed by atoms with Gasteiger partial charge in [0.1, 0.15) is 6.61 Å². The van der Waals surface area contributed by atoms with E-state index in [1.54, 1.807) is 0 Å². The Morgan fingerprint density at radius 2 is 1.95 bits per heavy atom. The third-order valence-electron chi connectivity index (χ3n) is 3.13. The lowest BCUT2D eigenvalue weighted by atomic mass is 10.1. The molecule has 1 aliphatic rings. The summed E-state index contributed by atoms with van der Waals surface area (Å²) in [4.78, 5) is 21.8. The predicted octanol–water partition coefficient (Wildman–Crippen LogP) is 0.516. The molecule has 0 aromatic heterocycles. The average molecular weight is 272 g/mol.